The molecule has 0 atom stereocenters. The third-order valence-electron chi connectivity index (χ3n) is 3.43. The summed E-state index contributed by atoms with van der Waals surface area (Å²) in [6, 6.07) is 11.8. The van der Waals surface area contributed by atoms with Gasteiger partial charge in [-0.05, 0) is 43.7 Å². The van der Waals surface area contributed by atoms with Gasteiger partial charge in [-0.15, -0.1) is 0 Å². The Morgan fingerprint density at radius 3 is 2.35 bits per heavy atom. The molecule has 2 aromatic rings. The fraction of sp³-hybridized carbons (Fsp3) is 0.235. The number of nitrogens with one attached hydrogen (secondary N) is 1. The number of benzene rings is 2. The standard InChI is InChI=1S/C17H18ClNO3S/c1-12-3-7-15(8-4-12)23(21,22)10-9-17(20)19-14-6-5-13(2)16(18)11-14/h3-8,11H,9-10H2,1-2H3,(H,19,20). The number of aryl methyl sites for hydroxylation is 2. The van der Waals surface area contributed by atoms with Crippen molar-refractivity contribution in [3.63, 3.8) is 0 Å². The van der Waals surface area contributed by atoms with Crippen molar-refractivity contribution in [1.29, 1.82) is 0 Å². The smallest absolute Gasteiger partial charge is 0.225 e. The maximum atomic E-state index is 12.2. The zero-order valence-electron chi connectivity index (χ0n) is 13.0. The van der Waals surface area contributed by atoms with Crippen LogP contribution < -0.4 is 5.32 Å². The van der Waals surface area contributed by atoms with Crippen molar-refractivity contribution in [3.05, 3.63) is 58.6 Å². The second kappa shape index (κ2) is 7.15. The molecule has 1 N–H and O–H groups in total. The number of halogens is 1. The largest absolute Gasteiger partial charge is 0.326 e. The lowest BCUT2D eigenvalue weighted by Gasteiger charge is -2.08. The Kier molecular flexibility index (Phi) is 5.44. The minimum atomic E-state index is -3.47. The van der Waals surface area contributed by atoms with Gasteiger partial charge < -0.3 is 5.32 Å². The van der Waals surface area contributed by atoms with E-state index in [1.807, 2.05) is 13.8 Å². The Morgan fingerprint density at radius 2 is 1.74 bits per heavy atom. The molecule has 2 rings (SSSR count). The van der Waals surface area contributed by atoms with Crippen LogP contribution in [-0.4, -0.2) is 20.1 Å². The zero-order chi connectivity index (χ0) is 17.0. The van der Waals surface area contributed by atoms with Gasteiger partial charge in [0.2, 0.25) is 5.91 Å². The number of amides is 1. The lowest BCUT2D eigenvalue weighted by molar-refractivity contribution is -0.115. The van der Waals surface area contributed by atoms with Crippen LogP contribution in [0.3, 0.4) is 0 Å². The summed E-state index contributed by atoms with van der Waals surface area (Å²) in [5.74, 6) is -0.595. The van der Waals surface area contributed by atoms with E-state index in [0.717, 1.165) is 11.1 Å². The number of sulfone groups is 1. The van der Waals surface area contributed by atoms with Crippen molar-refractivity contribution in [2.45, 2.75) is 25.2 Å². The predicted octanol–water partition coefficient (Wildman–Crippen LogP) is 3.76. The van der Waals surface area contributed by atoms with E-state index in [1.165, 1.54) is 0 Å². The zero-order valence-corrected chi connectivity index (χ0v) is 14.5. The van der Waals surface area contributed by atoms with Crippen LogP contribution in [0.4, 0.5) is 5.69 Å². The molecule has 0 saturated heterocycles. The van der Waals surface area contributed by atoms with Gasteiger partial charge in [0.05, 0.1) is 10.6 Å². The van der Waals surface area contributed by atoms with Crippen LogP contribution in [0.1, 0.15) is 17.5 Å². The highest BCUT2D eigenvalue weighted by atomic mass is 35.5. The average molecular weight is 352 g/mol. The molecule has 0 bridgehead atoms. The van der Waals surface area contributed by atoms with Crippen LogP contribution in [-0.2, 0) is 14.6 Å². The lowest BCUT2D eigenvalue weighted by Crippen LogP contribution is -2.17. The molecule has 0 aliphatic rings. The molecule has 1 amide bonds. The van der Waals surface area contributed by atoms with E-state index < -0.39 is 9.84 Å². The molecule has 0 spiro atoms. The number of rotatable bonds is 5. The molecule has 0 saturated carbocycles. The first kappa shape index (κ1) is 17.5. The second-order valence-corrected chi connectivity index (χ2v) is 7.91. The van der Waals surface area contributed by atoms with Gasteiger partial charge in [-0.2, -0.15) is 0 Å². The van der Waals surface area contributed by atoms with Gasteiger partial charge in [0.15, 0.2) is 9.84 Å². The van der Waals surface area contributed by atoms with Gasteiger partial charge in [0, 0.05) is 17.1 Å². The van der Waals surface area contributed by atoms with E-state index in [1.54, 1.807) is 42.5 Å². The molecule has 122 valence electrons. The minimum Gasteiger partial charge on any atom is -0.326 e. The second-order valence-electron chi connectivity index (χ2n) is 5.39. The number of hydrogen-bond donors (Lipinski definition) is 1. The number of anilines is 1. The van der Waals surface area contributed by atoms with Gasteiger partial charge in [0.1, 0.15) is 0 Å². The Labute approximate surface area is 141 Å². The Hall–Kier alpha value is -1.85. The van der Waals surface area contributed by atoms with Crippen LogP contribution in [0, 0.1) is 13.8 Å². The van der Waals surface area contributed by atoms with Gasteiger partial charge in [0.25, 0.3) is 0 Å². The quantitative estimate of drug-likeness (QED) is 0.892. The van der Waals surface area contributed by atoms with E-state index in [2.05, 4.69) is 5.32 Å². The highest BCUT2D eigenvalue weighted by molar-refractivity contribution is 7.91. The van der Waals surface area contributed by atoms with Crippen LogP contribution in [0.15, 0.2) is 47.4 Å². The molecule has 0 aliphatic heterocycles. The molecule has 0 aromatic heterocycles. The molecule has 2 aromatic carbocycles. The monoisotopic (exact) mass is 351 g/mol. The van der Waals surface area contributed by atoms with Crippen molar-refractivity contribution in [1.82, 2.24) is 0 Å². The first-order valence-corrected chi connectivity index (χ1v) is 9.16. The van der Waals surface area contributed by atoms with Crippen molar-refractivity contribution >= 4 is 33.0 Å². The van der Waals surface area contributed by atoms with E-state index in [4.69, 9.17) is 11.6 Å². The van der Waals surface area contributed by atoms with Gasteiger partial charge >= 0.3 is 0 Å². The Balaban J connectivity index is 1.98. The molecule has 0 fully saturated rings. The third kappa shape index (κ3) is 4.81. The summed E-state index contributed by atoms with van der Waals surface area (Å²) in [5, 5.41) is 3.21. The SMILES string of the molecule is Cc1ccc(S(=O)(=O)CCC(=O)Nc2ccc(C)c(Cl)c2)cc1. The van der Waals surface area contributed by atoms with Crippen molar-refractivity contribution in [2.24, 2.45) is 0 Å². The maximum Gasteiger partial charge on any atom is 0.225 e. The molecule has 0 radical (unpaired) electrons. The molecule has 6 heteroatoms. The minimum absolute atomic E-state index is 0.109. The summed E-state index contributed by atoms with van der Waals surface area (Å²) in [6.45, 7) is 3.75. The van der Waals surface area contributed by atoms with E-state index in [9.17, 15) is 13.2 Å². The molecule has 4 nitrogen and oxygen atoms in total. The van der Waals surface area contributed by atoms with Crippen LogP contribution in [0.2, 0.25) is 5.02 Å². The first-order chi connectivity index (χ1) is 10.8. The highest BCUT2D eigenvalue weighted by Crippen LogP contribution is 2.20. The van der Waals surface area contributed by atoms with Gasteiger partial charge in [-0.1, -0.05) is 35.4 Å². The fourth-order valence-electron chi connectivity index (χ4n) is 1.98. The lowest BCUT2D eigenvalue weighted by atomic mass is 10.2. The van der Waals surface area contributed by atoms with E-state index >= 15 is 0 Å². The van der Waals surface area contributed by atoms with Crippen molar-refractivity contribution in [2.75, 3.05) is 11.1 Å². The average Bonchev–Trinajstić information content (AvgIpc) is 2.50. The van der Waals surface area contributed by atoms with Gasteiger partial charge in [-0.3, -0.25) is 4.79 Å². The summed E-state index contributed by atoms with van der Waals surface area (Å²) in [4.78, 5) is 12.2. The molecule has 0 aliphatic carbocycles. The molecule has 0 unspecified atom stereocenters. The third-order valence-corrected chi connectivity index (χ3v) is 5.57. The van der Waals surface area contributed by atoms with Crippen LogP contribution in [0.25, 0.3) is 0 Å². The van der Waals surface area contributed by atoms with E-state index in [0.29, 0.717) is 10.7 Å². The van der Waals surface area contributed by atoms with Crippen molar-refractivity contribution in [3.8, 4) is 0 Å². The predicted molar refractivity (Wildman–Crippen MR) is 92.7 cm³/mol. The fourth-order valence-corrected chi connectivity index (χ4v) is 3.41. The highest BCUT2D eigenvalue weighted by Gasteiger charge is 2.16. The number of hydrogen-bond acceptors (Lipinski definition) is 3. The first-order valence-electron chi connectivity index (χ1n) is 7.13. The van der Waals surface area contributed by atoms with Crippen molar-refractivity contribution < 1.29 is 13.2 Å². The Morgan fingerprint density at radius 1 is 1.09 bits per heavy atom. The summed E-state index contributed by atoms with van der Waals surface area (Å²) in [7, 11) is -3.47. The molecule has 0 heterocycles. The maximum absolute atomic E-state index is 12.2. The molecular weight excluding hydrogens is 334 g/mol. The van der Waals surface area contributed by atoms with Gasteiger partial charge in [-0.25, -0.2) is 8.42 Å². The van der Waals surface area contributed by atoms with E-state index in [-0.39, 0.29) is 23.0 Å². The Bertz CT molecular complexity index is 814. The topological polar surface area (TPSA) is 63.2 Å². The molecular formula is C17H18ClNO3S. The van der Waals surface area contributed by atoms with Crippen LogP contribution in [0.5, 0.6) is 0 Å². The summed E-state index contributed by atoms with van der Waals surface area (Å²) in [5.41, 5.74) is 2.45. The number of carbonyl (C=O) groups is 1. The summed E-state index contributed by atoms with van der Waals surface area (Å²) < 4.78 is 24.4. The molecule has 23 heavy (non-hydrogen) atoms. The van der Waals surface area contributed by atoms with Crippen LogP contribution >= 0.6 is 11.6 Å². The summed E-state index contributed by atoms with van der Waals surface area (Å²) >= 11 is 5.99. The normalized spacial score (nSPS) is 11.3. The number of carbonyl (C=O) groups excluding carboxylic acids is 1. The summed E-state index contributed by atoms with van der Waals surface area (Å²) in [6.07, 6.45) is -0.109.